The minimum absolute atomic E-state index is 0.00970. The summed E-state index contributed by atoms with van der Waals surface area (Å²) in [6.07, 6.45) is 1.28. The van der Waals surface area contributed by atoms with E-state index in [0.717, 1.165) is 27.8 Å². The number of aliphatic hydroxyl groups is 1. The van der Waals surface area contributed by atoms with Crippen LogP contribution in [0.2, 0.25) is 0 Å². The van der Waals surface area contributed by atoms with Crippen molar-refractivity contribution >= 4 is 28.8 Å². The lowest BCUT2D eigenvalue weighted by molar-refractivity contribution is -0.124. The number of aryl methyl sites for hydroxylation is 2. The van der Waals surface area contributed by atoms with Crippen molar-refractivity contribution in [1.29, 1.82) is 0 Å². The van der Waals surface area contributed by atoms with E-state index in [1.807, 2.05) is 20.8 Å². The van der Waals surface area contributed by atoms with E-state index in [2.05, 4.69) is 6.07 Å². The number of Topliss-reactive ketones (excluding diaryl/α,β-unsaturated/α-hetero) is 2. The maximum absolute atomic E-state index is 12.5. The van der Waals surface area contributed by atoms with Gasteiger partial charge in [-0.2, -0.15) is 0 Å². The van der Waals surface area contributed by atoms with Gasteiger partial charge >= 0.3 is 0 Å². The van der Waals surface area contributed by atoms with Crippen LogP contribution < -0.4 is 5.73 Å². The third-order valence-corrected chi connectivity index (χ3v) is 5.14. The second-order valence-electron chi connectivity index (χ2n) is 6.80. The van der Waals surface area contributed by atoms with Crippen LogP contribution in [0.5, 0.6) is 0 Å². The normalized spacial score (nSPS) is 17.8. The molecule has 0 amide bonds. The predicted octanol–water partition coefficient (Wildman–Crippen LogP) is 3.68. The molecule has 0 saturated heterocycles. The lowest BCUT2D eigenvalue weighted by Gasteiger charge is -2.27. The van der Waals surface area contributed by atoms with E-state index in [4.69, 9.17) is 18.0 Å². The molecule has 1 fully saturated rings. The summed E-state index contributed by atoms with van der Waals surface area (Å²) in [6, 6.07) is 2.07. The molecule has 1 saturated carbocycles. The highest BCUT2D eigenvalue weighted by molar-refractivity contribution is 7.80. The molecule has 0 unspecified atom stereocenters. The van der Waals surface area contributed by atoms with E-state index < -0.39 is 0 Å². The van der Waals surface area contributed by atoms with Crippen LogP contribution in [0.25, 0.3) is 0 Å². The van der Waals surface area contributed by atoms with Crippen molar-refractivity contribution in [3.05, 3.63) is 45.2 Å². The highest BCUT2D eigenvalue weighted by Crippen LogP contribution is 2.38. The Kier molecular flexibility index (Phi) is 5.78. The maximum Gasteiger partial charge on any atom is 0.170 e. The number of thiocarbonyl (C=S) groups is 1. The summed E-state index contributed by atoms with van der Waals surface area (Å²) in [4.78, 5) is 25.3. The highest BCUT2D eigenvalue weighted by Gasteiger charge is 2.35. The van der Waals surface area contributed by atoms with Crippen LogP contribution in [0.4, 0.5) is 0 Å². The zero-order chi connectivity index (χ0) is 18.9. The largest absolute Gasteiger partial charge is 0.511 e. The number of hydrogen-bond acceptors (Lipinski definition) is 4. The average molecular weight is 359 g/mol. The fourth-order valence-electron chi connectivity index (χ4n) is 3.90. The number of aliphatic hydroxyl groups excluding tert-OH is 1. The van der Waals surface area contributed by atoms with Gasteiger partial charge in [-0.1, -0.05) is 25.2 Å². The number of carbonyl (C=O) groups is 2. The van der Waals surface area contributed by atoms with Gasteiger partial charge in [-0.05, 0) is 54.5 Å². The second-order valence-corrected chi connectivity index (χ2v) is 7.32. The Bertz CT molecular complexity index is 773. The molecular formula is C20H25NO3S. The number of allylic oxidation sites excluding steroid dienone is 2. The molecule has 3 N–H and O–H groups in total. The molecule has 0 heterocycles. The first kappa shape index (κ1) is 19.3. The van der Waals surface area contributed by atoms with E-state index >= 15 is 0 Å². The molecule has 1 aliphatic rings. The van der Waals surface area contributed by atoms with Crippen molar-refractivity contribution in [1.82, 2.24) is 0 Å². The van der Waals surface area contributed by atoms with Crippen molar-refractivity contribution in [2.75, 3.05) is 0 Å². The van der Waals surface area contributed by atoms with Crippen molar-refractivity contribution in [2.45, 2.75) is 59.3 Å². The molecule has 4 nitrogen and oxygen atoms in total. The van der Waals surface area contributed by atoms with Gasteiger partial charge in [-0.3, -0.25) is 9.59 Å². The van der Waals surface area contributed by atoms with Gasteiger partial charge in [-0.25, -0.2) is 0 Å². The van der Waals surface area contributed by atoms with Gasteiger partial charge in [0, 0.05) is 25.7 Å². The van der Waals surface area contributed by atoms with Crippen LogP contribution in [0.15, 0.2) is 17.4 Å². The van der Waals surface area contributed by atoms with Gasteiger partial charge < -0.3 is 10.8 Å². The molecule has 2 rings (SSSR count). The molecule has 1 aromatic carbocycles. The maximum atomic E-state index is 12.5. The zero-order valence-electron chi connectivity index (χ0n) is 15.2. The molecule has 0 atom stereocenters. The molecule has 0 radical (unpaired) electrons. The first-order valence-electron chi connectivity index (χ1n) is 8.53. The van der Waals surface area contributed by atoms with Gasteiger partial charge in [0.25, 0.3) is 0 Å². The summed E-state index contributed by atoms with van der Waals surface area (Å²) < 4.78 is 0. The molecule has 1 aromatic rings. The minimum atomic E-state index is -0.268. The molecule has 0 bridgehead atoms. The number of nitrogens with two attached hydrogens (primary N) is 1. The highest BCUT2D eigenvalue weighted by atomic mass is 32.1. The van der Waals surface area contributed by atoms with Crippen LogP contribution in [0.1, 0.15) is 59.9 Å². The first-order chi connectivity index (χ1) is 11.7. The molecular weight excluding hydrogens is 334 g/mol. The van der Waals surface area contributed by atoms with Crippen LogP contribution in [0.3, 0.4) is 0 Å². The van der Waals surface area contributed by atoms with Gasteiger partial charge in [0.15, 0.2) is 11.6 Å². The van der Waals surface area contributed by atoms with Gasteiger partial charge in [-0.15, -0.1) is 0 Å². The zero-order valence-corrected chi connectivity index (χ0v) is 16.0. The van der Waals surface area contributed by atoms with Crippen LogP contribution >= 0.6 is 12.2 Å². The second kappa shape index (κ2) is 7.48. The Morgan fingerprint density at radius 2 is 1.76 bits per heavy atom. The molecule has 134 valence electrons. The summed E-state index contributed by atoms with van der Waals surface area (Å²) in [7, 11) is 0. The molecule has 0 spiro atoms. The summed E-state index contributed by atoms with van der Waals surface area (Å²) in [6.45, 7) is 7.76. The van der Waals surface area contributed by atoms with Crippen LogP contribution in [0, 0.1) is 20.8 Å². The Morgan fingerprint density at radius 3 is 2.24 bits per heavy atom. The van der Waals surface area contributed by atoms with Crippen molar-refractivity contribution in [2.24, 2.45) is 5.73 Å². The Balaban J connectivity index is 2.48. The standard InChI is InChI=1S/C20H25NO3S/c1-5-15(22)20-16(23)7-13(8-17(20)24)19-11(3)6-10(2)14(12(19)4)9-18(21)25/h6,13,22H,5,7-9H2,1-4H3,(H2,21,25). The number of hydrogen-bond donors (Lipinski definition) is 2. The SMILES string of the molecule is CCC(O)=C1C(=O)CC(c2c(C)cc(C)c(CC(N)=S)c2C)CC1=O. The number of rotatable bonds is 4. The molecule has 0 aromatic heterocycles. The fourth-order valence-corrected chi connectivity index (χ4v) is 4.04. The molecule has 25 heavy (non-hydrogen) atoms. The van der Waals surface area contributed by atoms with Crippen molar-refractivity contribution in [3.63, 3.8) is 0 Å². The number of carbonyl (C=O) groups excluding carboxylic acids is 2. The van der Waals surface area contributed by atoms with Crippen LogP contribution in [-0.4, -0.2) is 21.7 Å². The van der Waals surface area contributed by atoms with Gasteiger partial charge in [0.2, 0.25) is 0 Å². The van der Waals surface area contributed by atoms with E-state index in [1.165, 1.54) is 0 Å². The Hall–Kier alpha value is -2.01. The lowest BCUT2D eigenvalue weighted by atomic mass is 9.75. The minimum Gasteiger partial charge on any atom is -0.511 e. The smallest absolute Gasteiger partial charge is 0.170 e. The average Bonchev–Trinajstić information content (AvgIpc) is 2.50. The molecule has 0 aliphatic heterocycles. The summed E-state index contributed by atoms with van der Waals surface area (Å²) in [5.74, 6) is -0.800. The Labute approximate surface area is 154 Å². The van der Waals surface area contributed by atoms with Gasteiger partial charge in [0.05, 0.1) is 10.6 Å². The monoisotopic (exact) mass is 359 g/mol. The van der Waals surface area contributed by atoms with Crippen molar-refractivity contribution < 1.29 is 14.7 Å². The predicted molar refractivity (Wildman–Crippen MR) is 103 cm³/mol. The van der Waals surface area contributed by atoms with E-state index in [1.54, 1.807) is 6.92 Å². The van der Waals surface area contributed by atoms with E-state index in [9.17, 15) is 14.7 Å². The third kappa shape index (κ3) is 3.82. The summed E-state index contributed by atoms with van der Waals surface area (Å²) in [5, 5.41) is 9.88. The molecule has 5 heteroatoms. The lowest BCUT2D eigenvalue weighted by Crippen LogP contribution is -2.27. The number of ketones is 2. The third-order valence-electron chi connectivity index (χ3n) is 4.99. The summed E-state index contributed by atoms with van der Waals surface area (Å²) in [5.41, 5.74) is 11.1. The Morgan fingerprint density at radius 1 is 1.20 bits per heavy atom. The van der Waals surface area contributed by atoms with Gasteiger partial charge in [0.1, 0.15) is 5.76 Å². The first-order valence-corrected chi connectivity index (χ1v) is 8.94. The summed E-state index contributed by atoms with van der Waals surface area (Å²) >= 11 is 5.06. The fraction of sp³-hybridized carbons (Fsp3) is 0.450. The van der Waals surface area contributed by atoms with E-state index in [-0.39, 0.29) is 48.1 Å². The molecule has 1 aliphatic carbocycles. The van der Waals surface area contributed by atoms with Crippen LogP contribution in [-0.2, 0) is 16.0 Å². The van der Waals surface area contributed by atoms with E-state index in [0.29, 0.717) is 11.4 Å². The van der Waals surface area contributed by atoms with Crippen molar-refractivity contribution in [3.8, 4) is 0 Å². The number of benzene rings is 1. The quantitative estimate of drug-likeness (QED) is 0.371. The topological polar surface area (TPSA) is 80.4 Å².